The van der Waals surface area contributed by atoms with Crippen LogP contribution in [0.4, 0.5) is 11.5 Å². The first-order valence-corrected chi connectivity index (χ1v) is 7.90. The van der Waals surface area contributed by atoms with Gasteiger partial charge in [-0.3, -0.25) is 10.1 Å². The lowest BCUT2D eigenvalue weighted by Crippen LogP contribution is -2.07. The van der Waals surface area contributed by atoms with Gasteiger partial charge in [0.15, 0.2) is 0 Å². The smallest absolute Gasteiger partial charge is 0.270 e. The second-order valence-corrected chi connectivity index (χ2v) is 5.78. The fraction of sp³-hybridized carbons (Fsp3) is 0.118. The highest BCUT2D eigenvalue weighted by atomic mass is 16.6. The molecule has 3 heterocycles. The summed E-state index contributed by atoms with van der Waals surface area (Å²) < 4.78 is 1.93. The molecule has 0 saturated carbocycles. The van der Waals surface area contributed by atoms with E-state index in [-0.39, 0.29) is 5.69 Å². The lowest BCUT2D eigenvalue weighted by Gasteiger charge is -2.06. The number of fused-ring (bicyclic) bond motifs is 1. The number of hydrogen-bond donors (Lipinski definition) is 2. The predicted molar refractivity (Wildman–Crippen MR) is 96.5 cm³/mol. The Morgan fingerprint density at radius 3 is 2.92 bits per heavy atom. The molecule has 0 radical (unpaired) electrons. The van der Waals surface area contributed by atoms with Crippen molar-refractivity contribution in [3.8, 4) is 11.3 Å². The third-order valence-electron chi connectivity index (χ3n) is 4.13. The van der Waals surface area contributed by atoms with E-state index in [0.717, 1.165) is 16.9 Å². The third kappa shape index (κ3) is 2.86. The minimum Gasteiger partial charge on any atom is -0.362 e. The van der Waals surface area contributed by atoms with Gasteiger partial charge < -0.3 is 14.9 Å². The van der Waals surface area contributed by atoms with Gasteiger partial charge in [0, 0.05) is 42.8 Å². The second-order valence-electron chi connectivity index (χ2n) is 5.78. The monoisotopic (exact) mass is 349 g/mol. The molecule has 4 rings (SSSR count). The Morgan fingerprint density at radius 2 is 2.15 bits per heavy atom. The number of H-pyrrole nitrogens is 1. The minimum atomic E-state index is -0.411. The Hall–Kier alpha value is -3.75. The second kappa shape index (κ2) is 6.28. The molecule has 9 nitrogen and oxygen atoms in total. The van der Waals surface area contributed by atoms with E-state index in [1.807, 2.05) is 29.9 Å². The van der Waals surface area contributed by atoms with Crippen LogP contribution in [0.3, 0.4) is 0 Å². The molecular weight excluding hydrogens is 334 g/mol. The van der Waals surface area contributed by atoms with Crippen molar-refractivity contribution in [1.29, 1.82) is 0 Å². The first-order valence-electron chi connectivity index (χ1n) is 7.90. The van der Waals surface area contributed by atoms with Crippen molar-refractivity contribution in [3.05, 3.63) is 65.0 Å². The Balaban J connectivity index is 1.68. The van der Waals surface area contributed by atoms with E-state index >= 15 is 0 Å². The zero-order valence-corrected chi connectivity index (χ0v) is 13.9. The van der Waals surface area contributed by atoms with Gasteiger partial charge in [0.2, 0.25) is 0 Å². The fourth-order valence-electron chi connectivity index (χ4n) is 2.75. The maximum absolute atomic E-state index is 11.0. The fourth-order valence-corrected chi connectivity index (χ4v) is 2.75. The summed E-state index contributed by atoms with van der Waals surface area (Å²) in [5, 5.41) is 15.1. The Kier molecular flexibility index (Phi) is 3.81. The highest BCUT2D eigenvalue weighted by Crippen LogP contribution is 2.28. The van der Waals surface area contributed by atoms with E-state index in [2.05, 4.69) is 25.3 Å². The van der Waals surface area contributed by atoms with Crippen molar-refractivity contribution in [3.63, 3.8) is 0 Å². The largest absolute Gasteiger partial charge is 0.362 e. The molecule has 26 heavy (non-hydrogen) atoms. The molecule has 0 fully saturated rings. The Bertz CT molecular complexity index is 1100. The molecule has 0 aliphatic heterocycles. The zero-order chi connectivity index (χ0) is 18.1. The molecular formula is C17H15N7O2. The van der Waals surface area contributed by atoms with Crippen LogP contribution in [0.2, 0.25) is 0 Å². The van der Waals surface area contributed by atoms with Gasteiger partial charge in [0.1, 0.15) is 23.6 Å². The van der Waals surface area contributed by atoms with Crippen molar-refractivity contribution in [2.45, 2.75) is 6.54 Å². The number of benzene rings is 1. The van der Waals surface area contributed by atoms with Crippen molar-refractivity contribution in [2.24, 2.45) is 7.05 Å². The molecule has 3 aromatic heterocycles. The van der Waals surface area contributed by atoms with E-state index in [0.29, 0.717) is 23.6 Å². The first-order chi connectivity index (χ1) is 12.6. The van der Waals surface area contributed by atoms with E-state index in [9.17, 15) is 10.1 Å². The molecule has 0 aliphatic carbocycles. The molecule has 0 atom stereocenters. The highest BCUT2D eigenvalue weighted by molar-refractivity contribution is 5.91. The van der Waals surface area contributed by atoms with Gasteiger partial charge in [0.25, 0.3) is 5.69 Å². The van der Waals surface area contributed by atoms with Gasteiger partial charge in [-0.2, -0.15) is 0 Å². The molecule has 0 saturated heterocycles. The van der Waals surface area contributed by atoms with Crippen LogP contribution >= 0.6 is 0 Å². The molecule has 4 aromatic rings. The van der Waals surface area contributed by atoms with Crippen molar-refractivity contribution >= 4 is 22.5 Å². The number of rotatable bonds is 5. The molecule has 0 spiro atoms. The van der Waals surface area contributed by atoms with Gasteiger partial charge in [-0.15, -0.1) is 0 Å². The van der Waals surface area contributed by atoms with Crippen LogP contribution in [-0.4, -0.2) is 29.4 Å². The summed E-state index contributed by atoms with van der Waals surface area (Å²) in [6.07, 6.45) is 5.09. The number of nitrogens with one attached hydrogen (secondary N) is 2. The van der Waals surface area contributed by atoms with Crippen LogP contribution in [0.15, 0.2) is 49.1 Å². The summed E-state index contributed by atoms with van der Waals surface area (Å²) in [5.74, 6) is 1.55. The summed E-state index contributed by atoms with van der Waals surface area (Å²) >= 11 is 0. The first kappa shape index (κ1) is 15.8. The normalized spacial score (nSPS) is 11.0. The number of non-ortho nitro benzene ring substituents is 1. The van der Waals surface area contributed by atoms with Gasteiger partial charge in [-0.25, -0.2) is 15.0 Å². The maximum atomic E-state index is 11.0. The van der Waals surface area contributed by atoms with Crippen LogP contribution < -0.4 is 5.32 Å². The molecule has 0 amide bonds. The van der Waals surface area contributed by atoms with E-state index in [1.165, 1.54) is 18.5 Å². The van der Waals surface area contributed by atoms with Crippen LogP contribution in [0.1, 0.15) is 5.82 Å². The molecule has 0 bridgehead atoms. The summed E-state index contributed by atoms with van der Waals surface area (Å²) in [7, 11) is 1.93. The lowest BCUT2D eigenvalue weighted by atomic mass is 10.1. The number of anilines is 1. The standard InChI is InChI=1S/C17H15N7O2/c1-23-6-5-18-15(23)9-19-16-13-8-14(22-17(13)21-10-20-16)11-3-2-4-12(7-11)24(25)26/h2-8,10H,9H2,1H3,(H2,19,20,21,22). The molecule has 130 valence electrons. The predicted octanol–water partition coefficient (Wildman–Crippen LogP) is 2.88. The van der Waals surface area contributed by atoms with Crippen molar-refractivity contribution < 1.29 is 4.92 Å². The van der Waals surface area contributed by atoms with E-state index < -0.39 is 4.92 Å². The maximum Gasteiger partial charge on any atom is 0.270 e. The number of nitro benzene ring substituents is 1. The summed E-state index contributed by atoms with van der Waals surface area (Å²) in [6, 6.07) is 8.34. The number of nitro groups is 1. The Morgan fingerprint density at radius 1 is 1.27 bits per heavy atom. The number of hydrogen-bond acceptors (Lipinski definition) is 6. The average molecular weight is 349 g/mol. The summed E-state index contributed by atoms with van der Waals surface area (Å²) in [4.78, 5) is 26.6. The average Bonchev–Trinajstić information content (AvgIpc) is 3.26. The topological polar surface area (TPSA) is 115 Å². The van der Waals surface area contributed by atoms with Gasteiger partial charge in [0.05, 0.1) is 16.9 Å². The van der Waals surface area contributed by atoms with Crippen molar-refractivity contribution in [2.75, 3.05) is 5.32 Å². The molecule has 0 aliphatic rings. The minimum absolute atomic E-state index is 0.0420. The number of aromatic nitrogens is 5. The third-order valence-corrected chi connectivity index (χ3v) is 4.13. The summed E-state index contributed by atoms with van der Waals surface area (Å²) in [5.41, 5.74) is 2.15. The van der Waals surface area contributed by atoms with Gasteiger partial charge in [-0.1, -0.05) is 12.1 Å². The van der Waals surface area contributed by atoms with Crippen LogP contribution in [-0.2, 0) is 13.6 Å². The SMILES string of the molecule is Cn1ccnc1CNc1ncnc2[nH]c(-c3cccc([N+](=O)[O-])c3)cc12. The Labute approximate surface area is 147 Å². The number of nitrogens with zero attached hydrogens (tertiary/aromatic N) is 5. The highest BCUT2D eigenvalue weighted by Gasteiger charge is 2.12. The molecule has 0 unspecified atom stereocenters. The van der Waals surface area contributed by atoms with Crippen molar-refractivity contribution in [1.82, 2.24) is 24.5 Å². The molecule has 1 aromatic carbocycles. The van der Waals surface area contributed by atoms with Gasteiger partial charge in [-0.05, 0) is 6.07 Å². The van der Waals surface area contributed by atoms with E-state index in [4.69, 9.17) is 0 Å². The van der Waals surface area contributed by atoms with Crippen LogP contribution in [0.25, 0.3) is 22.3 Å². The molecule has 2 N–H and O–H groups in total. The molecule has 9 heteroatoms. The quantitative estimate of drug-likeness (QED) is 0.423. The van der Waals surface area contributed by atoms with E-state index in [1.54, 1.807) is 12.3 Å². The van der Waals surface area contributed by atoms with Crippen LogP contribution in [0.5, 0.6) is 0 Å². The zero-order valence-electron chi connectivity index (χ0n) is 13.9. The number of imidazole rings is 1. The lowest BCUT2D eigenvalue weighted by molar-refractivity contribution is -0.384. The summed E-state index contributed by atoms with van der Waals surface area (Å²) in [6.45, 7) is 0.521. The van der Waals surface area contributed by atoms with Gasteiger partial charge >= 0.3 is 0 Å². The van der Waals surface area contributed by atoms with Crippen LogP contribution in [0, 0.1) is 10.1 Å². The number of aromatic amines is 1. The number of aryl methyl sites for hydroxylation is 1.